The van der Waals surface area contributed by atoms with Crippen molar-refractivity contribution in [2.45, 2.75) is 19.4 Å². The van der Waals surface area contributed by atoms with Crippen LogP contribution in [0.1, 0.15) is 23.9 Å². The molecule has 1 aromatic carbocycles. The summed E-state index contributed by atoms with van der Waals surface area (Å²) in [5.41, 5.74) is 2.23. The zero-order valence-electron chi connectivity index (χ0n) is 9.51. The Morgan fingerprint density at radius 2 is 2.00 bits per heavy atom. The minimum Gasteiger partial charge on any atom is -0.337 e. The van der Waals surface area contributed by atoms with Gasteiger partial charge in [0.1, 0.15) is 0 Å². The predicted octanol–water partition coefficient (Wildman–Crippen LogP) is 2.50. The Balaban J connectivity index is 0.00000108. The average Bonchev–Trinajstić information content (AvgIpc) is 2.65. The van der Waals surface area contributed by atoms with Crippen molar-refractivity contribution in [1.82, 2.24) is 15.5 Å². The summed E-state index contributed by atoms with van der Waals surface area (Å²) in [6.45, 7) is 3.09. The van der Waals surface area contributed by atoms with Crippen LogP contribution in [0.5, 0.6) is 0 Å². The first kappa shape index (κ1) is 12.1. The standard InChI is InChI=1S/C12H13N3O.ClH/c1-8-2-4-9(5-3-8)11-14-12(16-15-11)10-6-7-13-10;/h2-5,10,13H,6-7H2,1H3;1H/t10-;/m1./s1. The number of aromatic nitrogens is 2. The fourth-order valence-corrected chi connectivity index (χ4v) is 1.70. The van der Waals surface area contributed by atoms with Gasteiger partial charge in [-0.05, 0) is 19.9 Å². The molecule has 1 fully saturated rings. The fraction of sp³-hybridized carbons (Fsp3) is 0.333. The topological polar surface area (TPSA) is 51.0 Å². The van der Waals surface area contributed by atoms with Gasteiger partial charge in [-0.2, -0.15) is 4.98 Å². The molecule has 2 aromatic rings. The van der Waals surface area contributed by atoms with Gasteiger partial charge in [0.15, 0.2) is 0 Å². The van der Waals surface area contributed by atoms with E-state index in [2.05, 4.69) is 22.4 Å². The van der Waals surface area contributed by atoms with Crippen molar-refractivity contribution >= 4 is 12.4 Å². The summed E-state index contributed by atoms with van der Waals surface area (Å²) in [5.74, 6) is 1.37. The Bertz CT molecular complexity index is 491. The summed E-state index contributed by atoms with van der Waals surface area (Å²) in [4.78, 5) is 4.39. The SMILES string of the molecule is Cc1ccc(-c2noc([C@H]3CCN3)n2)cc1.Cl. The van der Waals surface area contributed by atoms with Crippen molar-refractivity contribution in [3.05, 3.63) is 35.7 Å². The summed E-state index contributed by atoms with van der Waals surface area (Å²) in [5, 5.41) is 7.23. The summed E-state index contributed by atoms with van der Waals surface area (Å²) in [6, 6.07) is 8.38. The molecule has 0 amide bonds. The highest BCUT2D eigenvalue weighted by Gasteiger charge is 2.24. The second kappa shape index (κ2) is 4.85. The van der Waals surface area contributed by atoms with Crippen LogP contribution >= 0.6 is 12.4 Å². The van der Waals surface area contributed by atoms with Crippen molar-refractivity contribution in [3.8, 4) is 11.4 Å². The monoisotopic (exact) mass is 251 g/mol. The predicted molar refractivity (Wildman–Crippen MR) is 67.1 cm³/mol. The maximum atomic E-state index is 5.23. The third-order valence-corrected chi connectivity index (χ3v) is 2.87. The minimum absolute atomic E-state index is 0. The third kappa shape index (κ3) is 2.33. The van der Waals surface area contributed by atoms with E-state index < -0.39 is 0 Å². The van der Waals surface area contributed by atoms with E-state index in [9.17, 15) is 0 Å². The van der Waals surface area contributed by atoms with E-state index >= 15 is 0 Å². The number of benzene rings is 1. The van der Waals surface area contributed by atoms with Crippen LogP contribution in [-0.4, -0.2) is 16.7 Å². The van der Waals surface area contributed by atoms with Crippen LogP contribution in [0.15, 0.2) is 28.8 Å². The summed E-state index contributed by atoms with van der Waals surface area (Å²) >= 11 is 0. The maximum absolute atomic E-state index is 5.23. The summed E-state index contributed by atoms with van der Waals surface area (Å²) in [7, 11) is 0. The number of nitrogens with one attached hydrogen (secondary N) is 1. The van der Waals surface area contributed by atoms with Gasteiger partial charge in [0, 0.05) is 5.56 Å². The van der Waals surface area contributed by atoms with Crippen molar-refractivity contribution in [2.75, 3.05) is 6.54 Å². The molecule has 0 saturated carbocycles. The molecule has 0 spiro atoms. The van der Waals surface area contributed by atoms with Crippen molar-refractivity contribution in [1.29, 1.82) is 0 Å². The highest BCUT2D eigenvalue weighted by molar-refractivity contribution is 5.85. The lowest BCUT2D eigenvalue weighted by Crippen LogP contribution is -2.35. The smallest absolute Gasteiger partial charge is 0.244 e. The Morgan fingerprint density at radius 3 is 2.59 bits per heavy atom. The lowest BCUT2D eigenvalue weighted by atomic mass is 10.1. The summed E-state index contributed by atoms with van der Waals surface area (Å²) in [6.07, 6.45) is 1.08. The highest BCUT2D eigenvalue weighted by Crippen LogP contribution is 2.24. The van der Waals surface area contributed by atoms with Gasteiger partial charge in [-0.25, -0.2) is 0 Å². The lowest BCUT2D eigenvalue weighted by Gasteiger charge is -2.23. The van der Waals surface area contributed by atoms with E-state index in [1.165, 1.54) is 5.56 Å². The molecular weight excluding hydrogens is 238 g/mol. The zero-order valence-corrected chi connectivity index (χ0v) is 10.3. The normalized spacial score (nSPS) is 18.3. The van der Waals surface area contributed by atoms with E-state index in [1.54, 1.807) is 0 Å². The number of rotatable bonds is 2. The van der Waals surface area contributed by atoms with Gasteiger partial charge < -0.3 is 9.84 Å². The van der Waals surface area contributed by atoms with Gasteiger partial charge in [0.2, 0.25) is 11.7 Å². The molecule has 0 bridgehead atoms. The first-order valence-electron chi connectivity index (χ1n) is 5.47. The molecule has 5 heteroatoms. The molecule has 1 atom stereocenters. The zero-order chi connectivity index (χ0) is 11.0. The fourth-order valence-electron chi connectivity index (χ4n) is 1.70. The molecular formula is C12H14ClN3O. The van der Waals surface area contributed by atoms with Crippen LogP contribution in [0.25, 0.3) is 11.4 Å². The van der Waals surface area contributed by atoms with Crippen LogP contribution in [0, 0.1) is 6.92 Å². The van der Waals surface area contributed by atoms with Crippen LogP contribution in [-0.2, 0) is 0 Å². The van der Waals surface area contributed by atoms with Gasteiger partial charge in [0.05, 0.1) is 6.04 Å². The molecule has 90 valence electrons. The van der Waals surface area contributed by atoms with Crippen LogP contribution in [0.3, 0.4) is 0 Å². The van der Waals surface area contributed by atoms with Crippen LogP contribution in [0.2, 0.25) is 0 Å². The van der Waals surface area contributed by atoms with Gasteiger partial charge in [-0.15, -0.1) is 12.4 Å². The number of aryl methyl sites for hydroxylation is 1. The molecule has 17 heavy (non-hydrogen) atoms. The number of halogens is 1. The second-order valence-corrected chi connectivity index (χ2v) is 4.12. The van der Waals surface area contributed by atoms with Crippen LogP contribution in [0.4, 0.5) is 0 Å². The molecule has 1 aliphatic heterocycles. The molecule has 4 nitrogen and oxygen atoms in total. The third-order valence-electron chi connectivity index (χ3n) is 2.87. The maximum Gasteiger partial charge on any atom is 0.244 e. The Hall–Kier alpha value is -1.39. The van der Waals surface area contributed by atoms with E-state index in [4.69, 9.17) is 4.52 Å². The van der Waals surface area contributed by atoms with Crippen molar-refractivity contribution < 1.29 is 4.52 Å². The quantitative estimate of drug-likeness (QED) is 0.891. The van der Waals surface area contributed by atoms with Crippen molar-refractivity contribution in [3.63, 3.8) is 0 Å². The molecule has 3 rings (SSSR count). The molecule has 1 aromatic heterocycles. The number of hydrogen-bond acceptors (Lipinski definition) is 4. The van der Waals surface area contributed by atoms with Crippen LogP contribution < -0.4 is 5.32 Å². The first-order chi connectivity index (χ1) is 7.83. The van der Waals surface area contributed by atoms with E-state index in [1.807, 2.05) is 24.3 Å². The van der Waals surface area contributed by atoms with Gasteiger partial charge in [0.25, 0.3) is 0 Å². The Kier molecular flexibility index (Phi) is 3.45. The van der Waals surface area contributed by atoms with Gasteiger partial charge in [-0.1, -0.05) is 35.0 Å². The van der Waals surface area contributed by atoms with Gasteiger partial charge >= 0.3 is 0 Å². The molecule has 1 aliphatic rings. The molecule has 0 radical (unpaired) electrons. The van der Waals surface area contributed by atoms with E-state index in [-0.39, 0.29) is 18.4 Å². The number of hydrogen-bond donors (Lipinski definition) is 1. The highest BCUT2D eigenvalue weighted by atomic mass is 35.5. The summed E-state index contributed by atoms with van der Waals surface area (Å²) < 4.78 is 5.23. The molecule has 1 N–H and O–H groups in total. The number of nitrogens with zero attached hydrogens (tertiary/aromatic N) is 2. The van der Waals surface area contributed by atoms with E-state index in [0.717, 1.165) is 18.5 Å². The Morgan fingerprint density at radius 1 is 1.29 bits per heavy atom. The molecule has 0 aliphatic carbocycles. The Labute approximate surface area is 106 Å². The minimum atomic E-state index is 0. The lowest BCUT2D eigenvalue weighted by molar-refractivity contribution is 0.273. The van der Waals surface area contributed by atoms with Gasteiger partial charge in [-0.3, -0.25) is 0 Å². The largest absolute Gasteiger partial charge is 0.337 e. The molecule has 1 saturated heterocycles. The van der Waals surface area contributed by atoms with E-state index in [0.29, 0.717) is 11.7 Å². The first-order valence-corrected chi connectivity index (χ1v) is 5.47. The second-order valence-electron chi connectivity index (χ2n) is 4.12. The average molecular weight is 252 g/mol. The molecule has 2 heterocycles. The van der Waals surface area contributed by atoms with Crippen molar-refractivity contribution in [2.24, 2.45) is 0 Å². The molecule has 0 unspecified atom stereocenters.